The minimum Gasteiger partial charge on any atom is -0.508 e. The van der Waals surface area contributed by atoms with Gasteiger partial charge in [0.05, 0.1) is 17.2 Å². The first-order valence-electron chi connectivity index (χ1n) is 5.13. The van der Waals surface area contributed by atoms with Gasteiger partial charge in [-0.05, 0) is 31.2 Å². The van der Waals surface area contributed by atoms with Crippen molar-refractivity contribution >= 4 is 11.3 Å². The van der Waals surface area contributed by atoms with Gasteiger partial charge in [-0.15, -0.1) is 11.3 Å². The Morgan fingerprint density at radius 2 is 2.12 bits per heavy atom. The number of rotatable bonds is 4. The van der Waals surface area contributed by atoms with Gasteiger partial charge in [0, 0.05) is 5.38 Å². The lowest BCUT2D eigenvalue weighted by atomic mass is 10.0. The van der Waals surface area contributed by atoms with Crippen LogP contribution in [0, 0.1) is 0 Å². The zero-order chi connectivity index (χ0) is 11.4. The summed E-state index contributed by atoms with van der Waals surface area (Å²) < 4.78 is 0. The molecule has 1 aromatic heterocycles. The smallest absolute Gasteiger partial charge is 0.115 e. The van der Waals surface area contributed by atoms with Crippen molar-refractivity contribution in [2.45, 2.75) is 12.5 Å². The quantitative estimate of drug-likeness (QED) is 0.853. The molecule has 0 unspecified atom stereocenters. The molecule has 0 radical (unpaired) electrons. The Morgan fingerprint density at radius 1 is 1.38 bits per heavy atom. The summed E-state index contributed by atoms with van der Waals surface area (Å²) in [5, 5.41) is 14.5. The summed E-state index contributed by atoms with van der Waals surface area (Å²) in [7, 11) is 1.93. The molecule has 2 aromatic rings. The van der Waals surface area contributed by atoms with Crippen molar-refractivity contribution in [3.63, 3.8) is 0 Å². The molecule has 1 atom stereocenters. The maximum atomic E-state index is 9.21. The van der Waals surface area contributed by atoms with E-state index in [2.05, 4.69) is 15.7 Å². The van der Waals surface area contributed by atoms with Crippen molar-refractivity contribution < 1.29 is 5.11 Å². The second kappa shape index (κ2) is 5.09. The van der Waals surface area contributed by atoms with E-state index in [1.165, 1.54) is 5.56 Å². The fourth-order valence-electron chi connectivity index (χ4n) is 1.62. The first-order valence-corrected chi connectivity index (χ1v) is 6.07. The monoisotopic (exact) mass is 234 g/mol. The van der Waals surface area contributed by atoms with Crippen molar-refractivity contribution in [1.29, 1.82) is 0 Å². The molecule has 0 spiro atoms. The van der Waals surface area contributed by atoms with Crippen LogP contribution in [0.1, 0.15) is 17.3 Å². The van der Waals surface area contributed by atoms with Gasteiger partial charge in [-0.3, -0.25) is 0 Å². The van der Waals surface area contributed by atoms with Crippen LogP contribution in [0.5, 0.6) is 5.75 Å². The summed E-state index contributed by atoms with van der Waals surface area (Å²) in [4.78, 5) is 4.31. The van der Waals surface area contributed by atoms with Gasteiger partial charge in [-0.25, -0.2) is 4.98 Å². The van der Waals surface area contributed by atoms with Crippen molar-refractivity contribution in [2.75, 3.05) is 7.05 Å². The number of aromatic hydroxyl groups is 1. The normalized spacial score (nSPS) is 12.6. The van der Waals surface area contributed by atoms with E-state index >= 15 is 0 Å². The maximum Gasteiger partial charge on any atom is 0.115 e. The van der Waals surface area contributed by atoms with E-state index in [0.717, 1.165) is 12.1 Å². The van der Waals surface area contributed by atoms with Crippen LogP contribution in [0.2, 0.25) is 0 Å². The van der Waals surface area contributed by atoms with Gasteiger partial charge >= 0.3 is 0 Å². The standard InChI is InChI=1S/C12H14N2OS/c1-13-11(12-7-16-8-14-12)6-9-2-4-10(15)5-3-9/h2-5,7-8,11,13,15H,6H2,1H3/t11-/m0/s1. The van der Waals surface area contributed by atoms with Gasteiger partial charge in [-0.2, -0.15) is 0 Å². The summed E-state index contributed by atoms with van der Waals surface area (Å²) in [6.45, 7) is 0. The molecule has 0 aliphatic heterocycles. The Bertz CT molecular complexity index is 425. The summed E-state index contributed by atoms with van der Waals surface area (Å²) in [5.74, 6) is 0.304. The Labute approximate surface area is 98.8 Å². The van der Waals surface area contributed by atoms with Gasteiger partial charge in [0.2, 0.25) is 0 Å². The predicted octanol–water partition coefficient (Wildman–Crippen LogP) is 2.35. The van der Waals surface area contributed by atoms with Crippen LogP contribution in [0.4, 0.5) is 0 Å². The number of nitrogens with one attached hydrogen (secondary N) is 1. The maximum absolute atomic E-state index is 9.21. The van der Waals surface area contributed by atoms with E-state index in [9.17, 15) is 5.11 Å². The summed E-state index contributed by atoms with van der Waals surface area (Å²) in [6, 6.07) is 7.53. The van der Waals surface area contributed by atoms with Gasteiger partial charge in [0.15, 0.2) is 0 Å². The van der Waals surface area contributed by atoms with E-state index in [1.807, 2.05) is 24.7 Å². The van der Waals surface area contributed by atoms with Gasteiger partial charge in [0.25, 0.3) is 0 Å². The fourth-order valence-corrected chi connectivity index (χ4v) is 2.22. The van der Waals surface area contributed by atoms with Crippen molar-refractivity contribution in [3.8, 4) is 5.75 Å². The first-order chi connectivity index (χ1) is 7.79. The third kappa shape index (κ3) is 2.59. The molecule has 0 aliphatic rings. The minimum absolute atomic E-state index is 0.232. The average Bonchev–Trinajstić information content (AvgIpc) is 2.82. The fraction of sp³-hybridized carbons (Fsp3) is 0.250. The Kier molecular flexibility index (Phi) is 3.54. The molecule has 0 amide bonds. The lowest BCUT2D eigenvalue weighted by molar-refractivity contribution is 0.474. The molecule has 1 heterocycles. The molecular weight excluding hydrogens is 220 g/mol. The Morgan fingerprint density at radius 3 is 2.69 bits per heavy atom. The number of hydrogen-bond acceptors (Lipinski definition) is 4. The van der Waals surface area contributed by atoms with Crippen LogP contribution < -0.4 is 5.32 Å². The molecule has 0 fully saturated rings. The van der Waals surface area contributed by atoms with E-state index < -0.39 is 0 Å². The molecule has 84 valence electrons. The number of phenols is 1. The molecule has 0 saturated heterocycles. The van der Waals surface area contributed by atoms with Crippen LogP contribution >= 0.6 is 11.3 Å². The van der Waals surface area contributed by atoms with Gasteiger partial charge < -0.3 is 10.4 Å². The highest BCUT2D eigenvalue weighted by atomic mass is 32.1. The third-order valence-corrected chi connectivity index (χ3v) is 3.14. The van der Waals surface area contributed by atoms with Crippen LogP contribution in [-0.4, -0.2) is 17.1 Å². The second-order valence-electron chi connectivity index (χ2n) is 3.63. The number of benzene rings is 1. The third-order valence-electron chi connectivity index (χ3n) is 2.53. The average molecular weight is 234 g/mol. The molecule has 2 N–H and O–H groups in total. The summed E-state index contributed by atoms with van der Waals surface area (Å²) in [6.07, 6.45) is 0.876. The number of phenolic OH excluding ortho intramolecular Hbond substituents is 1. The summed E-state index contributed by atoms with van der Waals surface area (Å²) in [5.41, 5.74) is 4.10. The first kappa shape index (κ1) is 11.1. The predicted molar refractivity (Wildman–Crippen MR) is 65.7 cm³/mol. The minimum atomic E-state index is 0.232. The van der Waals surface area contributed by atoms with Crippen LogP contribution in [0.25, 0.3) is 0 Å². The van der Waals surface area contributed by atoms with E-state index in [-0.39, 0.29) is 6.04 Å². The zero-order valence-electron chi connectivity index (χ0n) is 9.05. The highest BCUT2D eigenvalue weighted by Crippen LogP contribution is 2.19. The second-order valence-corrected chi connectivity index (χ2v) is 4.34. The highest BCUT2D eigenvalue weighted by molar-refractivity contribution is 7.07. The number of aromatic nitrogens is 1. The molecule has 16 heavy (non-hydrogen) atoms. The molecule has 1 aromatic carbocycles. The van der Waals surface area contributed by atoms with E-state index in [4.69, 9.17) is 0 Å². The van der Waals surface area contributed by atoms with Crippen molar-refractivity contribution in [1.82, 2.24) is 10.3 Å². The molecule has 0 bridgehead atoms. The number of hydrogen-bond donors (Lipinski definition) is 2. The van der Waals surface area contributed by atoms with Crippen LogP contribution in [0.15, 0.2) is 35.2 Å². The van der Waals surface area contributed by atoms with E-state index in [0.29, 0.717) is 5.75 Å². The lowest BCUT2D eigenvalue weighted by Gasteiger charge is -2.13. The van der Waals surface area contributed by atoms with Crippen molar-refractivity contribution in [2.24, 2.45) is 0 Å². The molecule has 2 rings (SSSR count). The van der Waals surface area contributed by atoms with Crippen LogP contribution in [-0.2, 0) is 6.42 Å². The lowest BCUT2D eigenvalue weighted by Crippen LogP contribution is -2.19. The largest absolute Gasteiger partial charge is 0.508 e. The number of likely N-dealkylation sites (N-methyl/N-ethyl adjacent to an activating group) is 1. The number of thiazole rings is 1. The van der Waals surface area contributed by atoms with Gasteiger partial charge in [0.1, 0.15) is 5.75 Å². The molecule has 0 saturated carbocycles. The Balaban J connectivity index is 2.10. The van der Waals surface area contributed by atoms with E-state index in [1.54, 1.807) is 23.5 Å². The zero-order valence-corrected chi connectivity index (χ0v) is 9.87. The Hall–Kier alpha value is -1.39. The van der Waals surface area contributed by atoms with Gasteiger partial charge in [-0.1, -0.05) is 12.1 Å². The molecule has 0 aliphatic carbocycles. The SMILES string of the molecule is CN[C@@H](Cc1ccc(O)cc1)c1cscn1. The highest BCUT2D eigenvalue weighted by Gasteiger charge is 2.11. The molecule has 4 heteroatoms. The summed E-state index contributed by atoms with van der Waals surface area (Å²) >= 11 is 1.61. The molecular formula is C12H14N2OS. The molecule has 3 nitrogen and oxygen atoms in total. The topological polar surface area (TPSA) is 45.1 Å². The number of nitrogens with zero attached hydrogens (tertiary/aromatic N) is 1. The van der Waals surface area contributed by atoms with Crippen molar-refractivity contribution in [3.05, 3.63) is 46.4 Å². The van der Waals surface area contributed by atoms with Crippen LogP contribution in [0.3, 0.4) is 0 Å².